The summed E-state index contributed by atoms with van der Waals surface area (Å²) in [5.74, 6) is -2.01. The number of methoxy groups -OCH3 is 1. The van der Waals surface area contributed by atoms with E-state index in [-0.39, 0.29) is 36.7 Å². The van der Waals surface area contributed by atoms with Crippen LogP contribution in [0.5, 0.6) is 0 Å². The Hall–Kier alpha value is -4.79. The van der Waals surface area contributed by atoms with Gasteiger partial charge in [-0.05, 0) is 35.7 Å². The van der Waals surface area contributed by atoms with Crippen molar-refractivity contribution < 1.29 is 28.8 Å². The lowest BCUT2D eigenvalue weighted by molar-refractivity contribution is -0.384. The number of hydrogen-bond acceptors (Lipinski definition) is 7. The second-order valence-electron chi connectivity index (χ2n) is 8.84. The van der Waals surface area contributed by atoms with Crippen LogP contribution < -0.4 is 0 Å². The summed E-state index contributed by atoms with van der Waals surface area (Å²) in [5.41, 5.74) is 2.97. The number of non-ortho nitro benzene ring substituents is 1. The molecule has 0 bridgehead atoms. The Kier molecular flexibility index (Phi) is 7.96. The highest BCUT2D eigenvalue weighted by molar-refractivity contribution is 5.96. The molecule has 3 aromatic rings. The molecule has 3 aromatic carbocycles. The topological polar surface area (TPSA) is 116 Å². The molecular formula is C29H26N2O7. The number of carbonyl (C=O) groups is 3. The molecule has 1 unspecified atom stereocenters. The number of allylic oxidation sites excluding steroid dienone is 1. The van der Waals surface area contributed by atoms with Gasteiger partial charge in [-0.1, -0.05) is 54.6 Å². The van der Waals surface area contributed by atoms with Gasteiger partial charge in [0, 0.05) is 30.2 Å². The minimum atomic E-state index is -0.705. The van der Waals surface area contributed by atoms with E-state index in [1.54, 1.807) is 37.3 Å². The zero-order chi connectivity index (χ0) is 27.2. The number of nitro groups is 1. The highest BCUT2D eigenvalue weighted by Crippen LogP contribution is 2.38. The molecule has 9 nitrogen and oxygen atoms in total. The molecule has 4 rings (SSSR count). The van der Waals surface area contributed by atoms with Crippen molar-refractivity contribution in [2.75, 3.05) is 7.11 Å². The van der Waals surface area contributed by atoms with Crippen molar-refractivity contribution in [1.29, 1.82) is 0 Å². The molecule has 1 aliphatic rings. The van der Waals surface area contributed by atoms with Gasteiger partial charge in [0.2, 0.25) is 5.91 Å². The maximum atomic E-state index is 13.4. The lowest BCUT2D eigenvalue weighted by atomic mass is 9.83. The van der Waals surface area contributed by atoms with Crippen molar-refractivity contribution in [3.8, 4) is 0 Å². The molecule has 0 radical (unpaired) electrons. The molecule has 9 heteroatoms. The van der Waals surface area contributed by atoms with Gasteiger partial charge in [0.15, 0.2) is 0 Å². The van der Waals surface area contributed by atoms with Crippen LogP contribution in [0.3, 0.4) is 0 Å². The number of esters is 2. The molecule has 194 valence electrons. The van der Waals surface area contributed by atoms with E-state index < -0.39 is 22.8 Å². The number of nitrogens with zero attached hydrogens (tertiary/aromatic N) is 2. The number of amides is 1. The van der Waals surface area contributed by atoms with E-state index in [0.717, 1.165) is 11.1 Å². The largest absolute Gasteiger partial charge is 0.465 e. The molecule has 1 amide bonds. The average Bonchev–Trinajstić information content (AvgIpc) is 2.94. The van der Waals surface area contributed by atoms with E-state index >= 15 is 0 Å². The SMILES string of the molecule is COC(=O)c1ccc(CN2C(=O)CC(c3cccc([N+](=O)[O-])c3)C(C(=O)OCc3ccccc3)=C2C)cc1. The Labute approximate surface area is 219 Å². The van der Waals surface area contributed by atoms with Crippen LogP contribution in [0.2, 0.25) is 0 Å². The summed E-state index contributed by atoms with van der Waals surface area (Å²) in [7, 11) is 1.30. The van der Waals surface area contributed by atoms with Crippen LogP contribution >= 0.6 is 0 Å². The summed E-state index contributed by atoms with van der Waals surface area (Å²) in [5, 5.41) is 11.4. The van der Waals surface area contributed by atoms with Gasteiger partial charge in [-0.2, -0.15) is 0 Å². The van der Waals surface area contributed by atoms with Gasteiger partial charge in [0.1, 0.15) is 6.61 Å². The van der Waals surface area contributed by atoms with Crippen LogP contribution in [0.15, 0.2) is 90.1 Å². The highest BCUT2D eigenvalue weighted by atomic mass is 16.6. The molecule has 1 atom stereocenters. The van der Waals surface area contributed by atoms with E-state index in [4.69, 9.17) is 9.47 Å². The molecule has 0 saturated heterocycles. The quantitative estimate of drug-likeness (QED) is 0.238. The van der Waals surface area contributed by atoms with Crippen molar-refractivity contribution in [3.63, 3.8) is 0 Å². The Morgan fingerprint density at radius 3 is 2.34 bits per heavy atom. The Morgan fingerprint density at radius 1 is 0.974 bits per heavy atom. The van der Waals surface area contributed by atoms with Crippen molar-refractivity contribution in [3.05, 3.63) is 123 Å². The van der Waals surface area contributed by atoms with Crippen LogP contribution in [0.25, 0.3) is 0 Å². The van der Waals surface area contributed by atoms with Gasteiger partial charge in [0.25, 0.3) is 5.69 Å². The number of rotatable bonds is 8. The summed E-state index contributed by atoms with van der Waals surface area (Å²) < 4.78 is 10.4. The van der Waals surface area contributed by atoms with Crippen LogP contribution in [0.1, 0.15) is 46.3 Å². The number of nitro benzene ring substituents is 1. The molecule has 0 N–H and O–H groups in total. The van der Waals surface area contributed by atoms with Crippen molar-refractivity contribution >= 4 is 23.5 Å². The monoisotopic (exact) mass is 514 g/mol. The van der Waals surface area contributed by atoms with Crippen molar-refractivity contribution in [2.24, 2.45) is 0 Å². The number of carbonyl (C=O) groups excluding carboxylic acids is 3. The normalized spacial score (nSPS) is 15.3. The zero-order valence-corrected chi connectivity index (χ0v) is 21.0. The fraction of sp³-hybridized carbons (Fsp3) is 0.207. The van der Waals surface area contributed by atoms with E-state index in [9.17, 15) is 24.5 Å². The standard InChI is InChI=1S/C29H26N2O7/c1-19-27(29(34)38-18-21-7-4-3-5-8-21)25(23-9-6-10-24(15-23)31(35)36)16-26(32)30(19)17-20-11-13-22(14-12-20)28(33)37-2/h3-15,25H,16-18H2,1-2H3. The van der Waals surface area contributed by atoms with Gasteiger partial charge in [-0.3, -0.25) is 14.9 Å². The lowest BCUT2D eigenvalue weighted by Gasteiger charge is -2.34. The third kappa shape index (κ3) is 5.78. The molecule has 38 heavy (non-hydrogen) atoms. The van der Waals surface area contributed by atoms with Crippen LogP contribution in [-0.2, 0) is 32.2 Å². The number of benzene rings is 3. The summed E-state index contributed by atoms with van der Waals surface area (Å²) in [4.78, 5) is 50.9. The summed E-state index contributed by atoms with van der Waals surface area (Å²) >= 11 is 0. The molecule has 0 aliphatic carbocycles. The molecule has 0 spiro atoms. The first-order chi connectivity index (χ1) is 18.3. The second-order valence-corrected chi connectivity index (χ2v) is 8.84. The fourth-order valence-electron chi connectivity index (χ4n) is 4.46. The molecule has 0 aromatic heterocycles. The van der Waals surface area contributed by atoms with E-state index in [2.05, 4.69) is 0 Å². The first kappa shape index (κ1) is 26.3. The third-order valence-electron chi connectivity index (χ3n) is 6.45. The average molecular weight is 515 g/mol. The molecule has 1 heterocycles. The van der Waals surface area contributed by atoms with Gasteiger partial charge in [-0.25, -0.2) is 9.59 Å². The second kappa shape index (κ2) is 11.5. The predicted octanol–water partition coefficient (Wildman–Crippen LogP) is 4.91. The van der Waals surface area contributed by atoms with Gasteiger partial charge in [0.05, 0.1) is 29.7 Å². The molecule has 0 saturated carbocycles. The number of ether oxygens (including phenoxy) is 2. The first-order valence-corrected chi connectivity index (χ1v) is 11.9. The Balaban J connectivity index is 1.68. The molecule has 1 aliphatic heterocycles. The molecule has 0 fully saturated rings. The third-order valence-corrected chi connectivity index (χ3v) is 6.45. The first-order valence-electron chi connectivity index (χ1n) is 11.9. The van der Waals surface area contributed by atoms with Crippen molar-refractivity contribution in [2.45, 2.75) is 32.4 Å². The maximum absolute atomic E-state index is 13.4. The van der Waals surface area contributed by atoms with Gasteiger partial charge < -0.3 is 14.4 Å². The van der Waals surface area contributed by atoms with Gasteiger partial charge in [-0.15, -0.1) is 0 Å². The maximum Gasteiger partial charge on any atom is 0.337 e. The lowest BCUT2D eigenvalue weighted by Crippen LogP contribution is -2.38. The predicted molar refractivity (Wildman–Crippen MR) is 138 cm³/mol. The van der Waals surface area contributed by atoms with Crippen molar-refractivity contribution in [1.82, 2.24) is 4.90 Å². The molecular weight excluding hydrogens is 488 g/mol. The van der Waals surface area contributed by atoms with E-state index in [1.807, 2.05) is 30.3 Å². The minimum Gasteiger partial charge on any atom is -0.465 e. The number of hydrogen-bond donors (Lipinski definition) is 0. The summed E-state index contributed by atoms with van der Waals surface area (Å²) in [6.07, 6.45) is -0.0610. The summed E-state index contributed by atoms with van der Waals surface area (Å²) in [6.45, 7) is 1.88. The van der Waals surface area contributed by atoms with Crippen LogP contribution in [-0.4, -0.2) is 34.8 Å². The van der Waals surface area contributed by atoms with Crippen LogP contribution in [0, 0.1) is 10.1 Å². The van der Waals surface area contributed by atoms with Gasteiger partial charge >= 0.3 is 11.9 Å². The highest BCUT2D eigenvalue weighted by Gasteiger charge is 2.37. The van der Waals surface area contributed by atoms with Crippen LogP contribution in [0.4, 0.5) is 5.69 Å². The summed E-state index contributed by atoms with van der Waals surface area (Å²) in [6, 6.07) is 21.8. The van der Waals surface area contributed by atoms with E-state index in [1.165, 1.54) is 30.2 Å². The Morgan fingerprint density at radius 2 is 1.68 bits per heavy atom. The minimum absolute atomic E-state index is 0.0427. The van der Waals surface area contributed by atoms with E-state index in [0.29, 0.717) is 16.8 Å². The smallest absolute Gasteiger partial charge is 0.337 e. The Bertz CT molecular complexity index is 1400. The zero-order valence-electron chi connectivity index (χ0n) is 21.0. The fourth-order valence-corrected chi connectivity index (χ4v) is 4.46.